The average molecular weight is 250 g/mol. The van der Waals surface area contributed by atoms with Crippen molar-refractivity contribution in [3.63, 3.8) is 0 Å². The summed E-state index contributed by atoms with van der Waals surface area (Å²) in [5, 5.41) is 0. The van der Waals surface area contributed by atoms with Crippen LogP contribution >= 0.6 is 0 Å². The second-order valence-electron chi connectivity index (χ2n) is 4.14. The van der Waals surface area contributed by atoms with Gasteiger partial charge in [-0.05, 0) is 18.9 Å². The molecule has 1 aromatic carbocycles. The summed E-state index contributed by atoms with van der Waals surface area (Å²) in [5.74, 6) is 0. The molecule has 0 aliphatic heterocycles. The van der Waals surface area contributed by atoms with Crippen molar-refractivity contribution in [2.24, 2.45) is 0 Å². The van der Waals surface area contributed by atoms with Crippen LogP contribution in [0.3, 0.4) is 0 Å². The molecule has 0 fully saturated rings. The predicted molar refractivity (Wildman–Crippen MR) is 82.0 cm³/mol. The maximum Gasteiger partial charge on any atom is 0.116 e. The summed E-state index contributed by atoms with van der Waals surface area (Å²) in [6, 6.07) is 10.5. The topological polar surface area (TPSA) is 17.1 Å². The van der Waals surface area contributed by atoms with Crippen molar-refractivity contribution in [3.05, 3.63) is 35.9 Å². The van der Waals surface area contributed by atoms with Gasteiger partial charge in [-0.25, -0.2) is 0 Å². The smallest absolute Gasteiger partial charge is 0.116 e. The second-order valence-corrected chi connectivity index (χ2v) is 4.14. The van der Waals surface area contributed by atoms with Crippen LogP contribution in [0.25, 0.3) is 0 Å². The lowest BCUT2D eigenvalue weighted by Gasteiger charge is -1.90. The summed E-state index contributed by atoms with van der Waals surface area (Å²) in [4.78, 5) is 8.81. The number of rotatable bonds is 5. The second kappa shape index (κ2) is 18.3. The quantitative estimate of drug-likeness (QED) is 0.503. The zero-order valence-electron chi connectivity index (χ0n) is 12.6. The molecular weight excluding hydrogens is 220 g/mol. The Hall–Kier alpha value is -1.11. The largest absolute Gasteiger partial charge is 0.304 e. The van der Waals surface area contributed by atoms with E-state index in [1.54, 1.807) is 0 Å². The Kier molecular flexibility index (Phi) is 19.5. The first kappa shape index (κ1) is 19.2. The zero-order valence-corrected chi connectivity index (χ0v) is 12.6. The van der Waals surface area contributed by atoms with E-state index in [-0.39, 0.29) is 0 Å². The number of benzene rings is 1. The highest BCUT2D eigenvalue weighted by Crippen LogP contribution is 2.00. The van der Waals surface area contributed by atoms with Crippen LogP contribution in [0.2, 0.25) is 0 Å². The maximum absolute atomic E-state index is 8.81. The first-order chi connectivity index (χ1) is 8.76. The summed E-state index contributed by atoms with van der Waals surface area (Å²) in [6.45, 7) is 8.10. The summed E-state index contributed by atoms with van der Waals surface area (Å²) >= 11 is 0. The van der Waals surface area contributed by atoms with Crippen molar-refractivity contribution in [1.29, 1.82) is 0 Å². The first-order valence-corrected chi connectivity index (χ1v) is 7.20. The molecule has 0 aromatic heterocycles. The van der Waals surface area contributed by atoms with Gasteiger partial charge in [-0.15, -0.1) is 0 Å². The van der Waals surface area contributed by atoms with Crippen molar-refractivity contribution in [1.82, 2.24) is 0 Å². The number of carbonyl (C=O) groups is 1. The monoisotopic (exact) mass is 250 g/mol. The van der Waals surface area contributed by atoms with Crippen molar-refractivity contribution >= 4 is 6.29 Å². The molecule has 1 aromatic rings. The van der Waals surface area contributed by atoms with Crippen molar-refractivity contribution in [2.45, 2.75) is 66.2 Å². The van der Waals surface area contributed by atoms with Crippen LogP contribution in [-0.4, -0.2) is 6.29 Å². The lowest BCUT2D eigenvalue weighted by molar-refractivity contribution is -0.106. The predicted octanol–water partition coefficient (Wildman–Crippen LogP) is 5.43. The van der Waals surface area contributed by atoms with Gasteiger partial charge in [0.1, 0.15) is 6.29 Å². The molecule has 0 aliphatic rings. The van der Waals surface area contributed by atoms with Crippen LogP contribution in [0, 0.1) is 0 Å². The molecule has 0 N–H and O–H groups in total. The van der Waals surface area contributed by atoms with Gasteiger partial charge in [0, 0.05) is 0 Å². The van der Waals surface area contributed by atoms with E-state index >= 15 is 0 Å². The van der Waals surface area contributed by atoms with Crippen LogP contribution in [0.5, 0.6) is 0 Å². The van der Waals surface area contributed by atoms with Crippen LogP contribution < -0.4 is 0 Å². The van der Waals surface area contributed by atoms with Crippen LogP contribution in [-0.2, 0) is 11.2 Å². The molecule has 0 unspecified atom stereocenters. The molecule has 18 heavy (non-hydrogen) atoms. The Morgan fingerprint density at radius 3 is 1.61 bits per heavy atom. The Morgan fingerprint density at radius 1 is 0.889 bits per heavy atom. The minimum absolute atomic E-state index is 0.750. The molecular formula is C17H30O. The Labute approximate surface area is 114 Å². The molecule has 0 amide bonds. The Morgan fingerprint density at radius 2 is 1.33 bits per heavy atom. The van der Waals surface area contributed by atoms with Gasteiger partial charge < -0.3 is 4.79 Å². The Bertz CT molecular complexity index is 237. The molecule has 0 radical (unpaired) electrons. The molecule has 0 atom stereocenters. The molecule has 0 spiro atoms. The number of hydrogen-bond donors (Lipinski definition) is 0. The van der Waals surface area contributed by atoms with Gasteiger partial charge in [0.15, 0.2) is 0 Å². The minimum Gasteiger partial charge on any atom is -0.304 e. The molecule has 0 saturated carbocycles. The van der Waals surface area contributed by atoms with E-state index in [2.05, 4.69) is 45.0 Å². The van der Waals surface area contributed by atoms with E-state index in [1.165, 1.54) is 44.6 Å². The van der Waals surface area contributed by atoms with Gasteiger partial charge in [0.25, 0.3) is 0 Å². The molecule has 0 heterocycles. The highest BCUT2D eigenvalue weighted by Gasteiger charge is 1.80. The highest BCUT2D eigenvalue weighted by molar-refractivity contribution is 5.44. The van der Waals surface area contributed by atoms with Crippen LogP contribution in [0.1, 0.15) is 65.4 Å². The number of aldehydes is 1. The highest BCUT2D eigenvalue weighted by atomic mass is 16.1. The summed E-state index contributed by atoms with van der Waals surface area (Å²) in [5.41, 5.74) is 1.41. The van der Waals surface area contributed by atoms with Gasteiger partial charge in [-0.2, -0.15) is 0 Å². The molecule has 1 nitrogen and oxygen atoms in total. The van der Waals surface area contributed by atoms with Gasteiger partial charge in [0.05, 0.1) is 0 Å². The zero-order chi connectivity index (χ0) is 14.1. The van der Waals surface area contributed by atoms with Crippen molar-refractivity contribution in [3.8, 4) is 0 Å². The fourth-order valence-electron chi connectivity index (χ4n) is 1.39. The standard InChI is InChI=1S/C8H10.C7H16.C2H4O/c1-2-8-6-4-3-5-7-8;1-3-5-7-6-4-2;1-2-3/h3-7H,2H2,1H3;3-7H2,1-2H3;2H,1H3. The molecule has 0 saturated heterocycles. The van der Waals surface area contributed by atoms with Crippen LogP contribution in [0.4, 0.5) is 0 Å². The lowest BCUT2D eigenvalue weighted by Crippen LogP contribution is -1.73. The third-order valence-electron chi connectivity index (χ3n) is 2.46. The normalized spacial score (nSPS) is 8.44. The lowest BCUT2D eigenvalue weighted by atomic mass is 10.2. The van der Waals surface area contributed by atoms with Crippen LogP contribution in [0.15, 0.2) is 30.3 Å². The van der Waals surface area contributed by atoms with E-state index in [1.807, 2.05) is 6.07 Å². The van der Waals surface area contributed by atoms with E-state index in [4.69, 9.17) is 4.79 Å². The van der Waals surface area contributed by atoms with Gasteiger partial charge in [0.2, 0.25) is 0 Å². The summed E-state index contributed by atoms with van der Waals surface area (Å²) in [6.07, 6.45) is 8.90. The van der Waals surface area contributed by atoms with Gasteiger partial charge >= 0.3 is 0 Å². The molecule has 1 rings (SSSR count). The molecule has 104 valence electrons. The van der Waals surface area contributed by atoms with Crippen molar-refractivity contribution < 1.29 is 4.79 Å². The van der Waals surface area contributed by atoms with Gasteiger partial charge in [-0.1, -0.05) is 83.2 Å². The third kappa shape index (κ3) is 17.3. The fraction of sp³-hybridized carbons (Fsp3) is 0.588. The summed E-state index contributed by atoms with van der Waals surface area (Å²) in [7, 11) is 0. The SMILES string of the molecule is CC=O.CCCCCCC.CCc1ccccc1. The summed E-state index contributed by atoms with van der Waals surface area (Å²) < 4.78 is 0. The molecule has 0 bridgehead atoms. The number of carbonyl (C=O) groups excluding carboxylic acids is 1. The molecule has 1 heteroatoms. The third-order valence-corrected chi connectivity index (χ3v) is 2.46. The van der Waals surface area contributed by atoms with E-state index in [9.17, 15) is 0 Å². The average Bonchev–Trinajstić information content (AvgIpc) is 2.42. The van der Waals surface area contributed by atoms with Gasteiger partial charge in [-0.3, -0.25) is 0 Å². The molecule has 0 aliphatic carbocycles. The van der Waals surface area contributed by atoms with E-state index in [0.717, 1.165) is 12.7 Å². The number of aryl methyl sites for hydroxylation is 1. The van der Waals surface area contributed by atoms with E-state index < -0.39 is 0 Å². The number of hydrogen-bond acceptors (Lipinski definition) is 1. The van der Waals surface area contributed by atoms with Crippen molar-refractivity contribution in [2.75, 3.05) is 0 Å². The van der Waals surface area contributed by atoms with E-state index in [0.29, 0.717) is 0 Å². The first-order valence-electron chi connectivity index (χ1n) is 7.20. The Balaban J connectivity index is 0. The number of unbranched alkanes of at least 4 members (excludes halogenated alkanes) is 4. The minimum atomic E-state index is 0.750. The maximum atomic E-state index is 8.81. The fourth-order valence-corrected chi connectivity index (χ4v) is 1.39.